The number of aromatic nitrogens is 2. The molecule has 1 aliphatic rings. The van der Waals surface area contributed by atoms with E-state index in [0.717, 1.165) is 56.2 Å². The third kappa shape index (κ3) is 2.61. The number of rotatable bonds is 4. The molecule has 0 spiro atoms. The summed E-state index contributed by atoms with van der Waals surface area (Å²) in [6.45, 7) is 7.62. The Bertz CT molecular complexity index is 376. The van der Waals surface area contributed by atoms with Gasteiger partial charge < -0.3 is 5.11 Å². The SMILES string of the molecule is CCCn1nccc1C1(O)CCC(C(C)C)CC1. The van der Waals surface area contributed by atoms with E-state index in [2.05, 4.69) is 25.9 Å². The van der Waals surface area contributed by atoms with Gasteiger partial charge in [-0.2, -0.15) is 5.10 Å². The fraction of sp³-hybridized carbons (Fsp3) is 0.800. The molecule has 1 aromatic rings. The first-order valence-electron chi connectivity index (χ1n) is 7.31. The van der Waals surface area contributed by atoms with Gasteiger partial charge >= 0.3 is 0 Å². The van der Waals surface area contributed by atoms with Gasteiger partial charge in [0.05, 0.1) is 5.69 Å². The lowest BCUT2D eigenvalue weighted by Gasteiger charge is -2.37. The number of hydrogen-bond acceptors (Lipinski definition) is 2. The lowest BCUT2D eigenvalue weighted by Crippen LogP contribution is -2.35. The van der Waals surface area contributed by atoms with Gasteiger partial charge in [0.2, 0.25) is 0 Å². The highest BCUT2D eigenvalue weighted by atomic mass is 16.3. The van der Waals surface area contributed by atoms with Crippen molar-refractivity contribution in [3.05, 3.63) is 18.0 Å². The first-order valence-corrected chi connectivity index (χ1v) is 7.31. The molecule has 1 aliphatic carbocycles. The van der Waals surface area contributed by atoms with Crippen molar-refractivity contribution >= 4 is 0 Å². The maximum Gasteiger partial charge on any atom is 0.106 e. The van der Waals surface area contributed by atoms with Crippen LogP contribution in [0.5, 0.6) is 0 Å². The molecule has 1 saturated carbocycles. The van der Waals surface area contributed by atoms with E-state index in [0.29, 0.717) is 0 Å². The highest BCUT2D eigenvalue weighted by Gasteiger charge is 2.37. The van der Waals surface area contributed by atoms with E-state index in [9.17, 15) is 5.11 Å². The van der Waals surface area contributed by atoms with Crippen molar-refractivity contribution in [2.45, 2.75) is 65.0 Å². The zero-order valence-electron chi connectivity index (χ0n) is 11.9. The predicted molar refractivity (Wildman–Crippen MR) is 73.2 cm³/mol. The number of nitrogens with zero attached hydrogens (tertiary/aromatic N) is 2. The molecule has 0 saturated heterocycles. The lowest BCUT2D eigenvalue weighted by atomic mass is 9.73. The summed E-state index contributed by atoms with van der Waals surface area (Å²) < 4.78 is 1.98. The molecule has 3 heteroatoms. The summed E-state index contributed by atoms with van der Waals surface area (Å²) in [5.41, 5.74) is 0.378. The molecular formula is C15H26N2O. The van der Waals surface area contributed by atoms with Gasteiger partial charge in [-0.05, 0) is 50.0 Å². The van der Waals surface area contributed by atoms with Crippen LogP contribution in [0.1, 0.15) is 58.6 Å². The van der Waals surface area contributed by atoms with Crippen LogP contribution in [-0.2, 0) is 12.1 Å². The van der Waals surface area contributed by atoms with Gasteiger partial charge in [0, 0.05) is 12.7 Å². The molecular weight excluding hydrogens is 224 g/mol. The fourth-order valence-corrected chi connectivity index (χ4v) is 3.16. The van der Waals surface area contributed by atoms with Gasteiger partial charge in [-0.25, -0.2) is 0 Å². The molecule has 1 heterocycles. The summed E-state index contributed by atoms with van der Waals surface area (Å²) in [6.07, 6.45) is 6.89. The molecule has 0 aromatic carbocycles. The van der Waals surface area contributed by atoms with E-state index >= 15 is 0 Å². The van der Waals surface area contributed by atoms with Gasteiger partial charge in [-0.3, -0.25) is 4.68 Å². The quantitative estimate of drug-likeness (QED) is 0.890. The van der Waals surface area contributed by atoms with Crippen molar-refractivity contribution in [1.82, 2.24) is 9.78 Å². The molecule has 1 aromatic heterocycles. The molecule has 0 aliphatic heterocycles. The Kier molecular flexibility index (Phi) is 4.10. The van der Waals surface area contributed by atoms with Crippen LogP contribution in [0, 0.1) is 11.8 Å². The van der Waals surface area contributed by atoms with Crippen LogP contribution >= 0.6 is 0 Å². The minimum Gasteiger partial charge on any atom is -0.384 e. The largest absolute Gasteiger partial charge is 0.384 e. The van der Waals surface area contributed by atoms with Crippen molar-refractivity contribution in [3.63, 3.8) is 0 Å². The van der Waals surface area contributed by atoms with Crippen LogP contribution < -0.4 is 0 Å². The Morgan fingerprint density at radius 3 is 2.67 bits per heavy atom. The number of hydrogen-bond donors (Lipinski definition) is 1. The predicted octanol–water partition coefficient (Wildman–Crippen LogP) is 3.33. The molecule has 1 N–H and O–H groups in total. The smallest absolute Gasteiger partial charge is 0.106 e. The summed E-state index contributed by atoms with van der Waals surface area (Å²) in [5.74, 6) is 1.50. The summed E-state index contributed by atoms with van der Waals surface area (Å²) in [5, 5.41) is 15.2. The molecule has 2 rings (SSSR count). The normalized spacial score (nSPS) is 28.8. The van der Waals surface area contributed by atoms with Gasteiger partial charge in [-0.1, -0.05) is 20.8 Å². The minimum atomic E-state index is -0.642. The van der Waals surface area contributed by atoms with Crippen molar-refractivity contribution in [3.8, 4) is 0 Å². The topological polar surface area (TPSA) is 38.0 Å². The molecule has 0 radical (unpaired) electrons. The number of aliphatic hydroxyl groups is 1. The van der Waals surface area contributed by atoms with E-state index in [-0.39, 0.29) is 0 Å². The summed E-state index contributed by atoms with van der Waals surface area (Å²) in [6, 6.07) is 1.99. The number of aryl methyl sites for hydroxylation is 1. The van der Waals surface area contributed by atoms with Crippen molar-refractivity contribution in [1.29, 1.82) is 0 Å². The van der Waals surface area contributed by atoms with Gasteiger partial charge in [0.25, 0.3) is 0 Å². The molecule has 1 fully saturated rings. The first kappa shape index (κ1) is 13.6. The molecule has 18 heavy (non-hydrogen) atoms. The highest BCUT2D eigenvalue weighted by molar-refractivity contribution is 5.13. The van der Waals surface area contributed by atoms with Gasteiger partial charge in [0.15, 0.2) is 0 Å². The van der Waals surface area contributed by atoms with E-state index in [1.165, 1.54) is 0 Å². The second-order valence-corrected chi connectivity index (χ2v) is 6.05. The fourth-order valence-electron chi connectivity index (χ4n) is 3.16. The average Bonchev–Trinajstić information content (AvgIpc) is 2.79. The van der Waals surface area contributed by atoms with Crippen molar-refractivity contribution in [2.24, 2.45) is 11.8 Å². The summed E-state index contributed by atoms with van der Waals surface area (Å²) >= 11 is 0. The zero-order chi connectivity index (χ0) is 13.2. The maximum atomic E-state index is 10.9. The van der Waals surface area contributed by atoms with Gasteiger partial charge in [0.1, 0.15) is 5.60 Å². The Morgan fingerprint density at radius 2 is 2.11 bits per heavy atom. The third-order valence-corrected chi connectivity index (χ3v) is 4.43. The molecule has 3 nitrogen and oxygen atoms in total. The van der Waals surface area contributed by atoms with Crippen molar-refractivity contribution in [2.75, 3.05) is 0 Å². The molecule has 102 valence electrons. The second kappa shape index (κ2) is 5.43. The van der Waals surface area contributed by atoms with Crippen LogP contribution in [0.2, 0.25) is 0 Å². The highest BCUT2D eigenvalue weighted by Crippen LogP contribution is 2.41. The van der Waals surface area contributed by atoms with Crippen LogP contribution in [0.4, 0.5) is 0 Å². The van der Waals surface area contributed by atoms with Crippen LogP contribution in [0.3, 0.4) is 0 Å². The van der Waals surface area contributed by atoms with Crippen LogP contribution in [0.25, 0.3) is 0 Å². The molecule has 0 atom stereocenters. The monoisotopic (exact) mass is 250 g/mol. The van der Waals surface area contributed by atoms with E-state index in [1.807, 2.05) is 16.9 Å². The Morgan fingerprint density at radius 1 is 1.44 bits per heavy atom. The second-order valence-electron chi connectivity index (χ2n) is 6.05. The Hall–Kier alpha value is -0.830. The molecule has 0 unspecified atom stereocenters. The lowest BCUT2D eigenvalue weighted by molar-refractivity contribution is -0.0272. The maximum absolute atomic E-state index is 10.9. The van der Waals surface area contributed by atoms with E-state index in [1.54, 1.807) is 0 Å². The summed E-state index contributed by atoms with van der Waals surface area (Å²) in [7, 11) is 0. The Balaban J connectivity index is 2.10. The van der Waals surface area contributed by atoms with E-state index < -0.39 is 5.60 Å². The first-order chi connectivity index (χ1) is 8.57. The minimum absolute atomic E-state index is 0.642. The summed E-state index contributed by atoms with van der Waals surface area (Å²) in [4.78, 5) is 0. The molecule has 0 amide bonds. The van der Waals surface area contributed by atoms with Crippen molar-refractivity contribution < 1.29 is 5.11 Å². The van der Waals surface area contributed by atoms with Gasteiger partial charge in [-0.15, -0.1) is 0 Å². The third-order valence-electron chi connectivity index (χ3n) is 4.43. The average molecular weight is 250 g/mol. The molecule has 0 bridgehead atoms. The van der Waals surface area contributed by atoms with Crippen LogP contribution in [0.15, 0.2) is 12.3 Å². The standard InChI is InChI=1S/C15H26N2O/c1-4-11-17-14(7-10-16-17)15(18)8-5-13(6-9-15)12(2)3/h7,10,12-13,18H,4-6,8-9,11H2,1-3H3. The zero-order valence-corrected chi connectivity index (χ0v) is 11.9. The Labute approximate surface area is 110 Å². The van der Waals surface area contributed by atoms with Crippen LogP contribution in [-0.4, -0.2) is 14.9 Å². The van der Waals surface area contributed by atoms with E-state index in [4.69, 9.17) is 0 Å².